The molecule has 2 heterocycles. The Balaban J connectivity index is 2.12. The maximum absolute atomic E-state index is 11.3. The summed E-state index contributed by atoms with van der Waals surface area (Å²) in [5, 5.41) is 19.8. The van der Waals surface area contributed by atoms with Gasteiger partial charge in [0.2, 0.25) is 11.7 Å². The molecule has 1 N–H and O–H groups in total. The first-order valence-electron chi connectivity index (χ1n) is 6.10. The van der Waals surface area contributed by atoms with Gasteiger partial charge >= 0.3 is 11.9 Å². The van der Waals surface area contributed by atoms with Crippen LogP contribution in [0.2, 0.25) is 0 Å². The summed E-state index contributed by atoms with van der Waals surface area (Å²) in [6.07, 6.45) is 0. The van der Waals surface area contributed by atoms with Crippen molar-refractivity contribution >= 4 is 11.9 Å². The number of hydrogen-bond donors (Lipinski definition) is 1. The topological polar surface area (TPSA) is 120 Å². The van der Waals surface area contributed by atoms with Crippen LogP contribution in [0, 0.1) is 10.1 Å². The van der Waals surface area contributed by atoms with E-state index in [1.54, 1.807) is 30.3 Å². The lowest BCUT2D eigenvalue weighted by atomic mass is 10.2. The molecule has 0 saturated heterocycles. The first-order valence-corrected chi connectivity index (χ1v) is 6.10. The SMILES string of the molecule is O=C(O)c1nc(-c2ccccc2)oc1-c1ccc([N+](=O)[O-])o1. The number of benzene rings is 1. The van der Waals surface area contributed by atoms with E-state index >= 15 is 0 Å². The average molecular weight is 300 g/mol. The summed E-state index contributed by atoms with van der Waals surface area (Å²) in [5.41, 5.74) is 0.209. The number of carboxylic acids is 1. The van der Waals surface area contributed by atoms with Crippen molar-refractivity contribution in [2.24, 2.45) is 0 Å². The number of hydrogen-bond acceptors (Lipinski definition) is 6. The number of nitrogens with zero attached hydrogens (tertiary/aromatic N) is 2. The lowest BCUT2D eigenvalue weighted by Gasteiger charge is -1.93. The predicted molar refractivity (Wildman–Crippen MR) is 73.3 cm³/mol. The van der Waals surface area contributed by atoms with Gasteiger partial charge in [-0.15, -0.1) is 0 Å². The monoisotopic (exact) mass is 300 g/mol. The number of carboxylic acid groups (broad SMARTS) is 1. The van der Waals surface area contributed by atoms with Crippen LogP contribution in [0.1, 0.15) is 10.5 Å². The minimum absolute atomic E-state index is 0.0706. The van der Waals surface area contributed by atoms with Crippen LogP contribution in [0.5, 0.6) is 0 Å². The zero-order valence-corrected chi connectivity index (χ0v) is 10.9. The van der Waals surface area contributed by atoms with E-state index in [9.17, 15) is 20.0 Å². The quantitative estimate of drug-likeness (QED) is 0.580. The number of oxazole rings is 1. The van der Waals surface area contributed by atoms with Crippen molar-refractivity contribution in [1.29, 1.82) is 0 Å². The molecule has 2 aromatic heterocycles. The van der Waals surface area contributed by atoms with Gasteiger partial charge in [0.1, 0.15) is 4.92 Å². The van der Waals surface area contributed by atoms with Crippen LogP contribution in [0.25, 0.3) is 23.0 Å². The molecule has 0 spiro atoms. The number of aromatic carboxylic acids is 1. The first-order chi connectivity index (χ1) is 10.6. The molecule has 0 atom stereocenters. The molecule has 0 aliphatic rings. The first kappa shape index (κ1) is 13.6. The van der Waals surface area contributed by atoms with Crippen LogP contribution in [0.3, 0.4) is 0 Å². The van der Waals surface area contributed by atoms with Gasteiger partial charge in [0, 0.05) is 5.56 Å². The highest BCUT2D eigenvalue weighted by Crippen LogP contribution is 2.32. The normalized spacial score (nSPS) is 10.5. The molecule has 0 unspecified atom stereocenters. The van der Waals surface area contributed by atoms with Gasteiger partial charge < -0.3 is 13.9 Å². The number of aromatic nitrogens is 1. The molecule has 110 valence electrons. The van der Waals surface area contributed by atoms with Gasteiger partial charge in [0.05, 0.1) is 6.07 Å². The van der Waals surface area contributed by atoms with Crippen molar-refractivity contribution in [2.75, 3.05) is 0 Å². The Morgan fingerprint density at radius 3 is 2.45 bits per heavy atom. The molecule has 0 radical (unpaired) electrons. The van der Waals surface area contributed by atoms with Gasteiger partial charge in [-0.25, -0.2) is 9.78 Å². The fourth-order valence-electron chi connectivity index (χ4n) is 1.88. The molecule has 3 rings (SSSR count). The summed E-state index contributed by atoms with van der Waals surface area (Å²) in [6, 6.07) is 11.1. The molecule has 0 amide bonds. The van der Waals surface area contributed by atoms with Crippen LogP contribution in [-0.2, 0) is 0 Å². The van der Waals surface area contributed by atoms with Crippen molar-refractivity contribution in [1.82, 2.24) is 4.98 Å². The third-order valence-corrected chi connectivity index (χ3v) is 2.85. The summed E-state index contributed by atoms with van der Waals surface area (Å²) in [6.45, 7) is 0. The zero-order chi connectivity index (χ0) is 15.7. The highest BCUT2D eigenvalue weighted by molar-refractivity contribution is 5.92. The second kappa shape index (κ2) is 5.17. The number of furan rings is 1. The van der Waals surface area contributed by atoms with E-state index in [0.717, 1.165) is 6.07 Å². The molecule has 8 nitrogen and oxygen atoms in total. The molecule has 0 aliphatic carbocycles. The maximum atomic E-state index is 11.3. The molecule has 1 aromatic carbocycles. The van der Waals surface area contributed by atoms with Crippen molar-refractivity contribution in [3.8, 4) is 23.0 Å². The Morgan fingerprint density at radius 2 is 1.86 bits per heavy atom. The van der Waals surface area contributed by atoms with Crippen molar-refractivity contribution < 1.29 is 23.7 Å². The fourth-order valence-corrected chi connectivity index (χ4v) is 1.88. The maximum Gasteiger partial charge on any atom is 0.433 e. The third-order valence-electron chi connectivity index (χ3n) is 2.85. The third kappa shape index (κ3) is 2.33. The highest BCUT2D eigenvalue weighted by Gasteiger charge is 2.25. The van der Waals surface area contributed by atoms with Crippen molar-refractivity contribution in [3.05, 3.63) is 58.3 Å². The zero-order valence-electron chi connectivity index (χ0n) is 10.9. The van der Waals surface area contributed by atoms with E-state index in [0.29, 0.717) is 5.56 Å². The van der Waals surface area contributed by atoms with Gasteiger partial charge in [0.15, 0.2) is 11.5 Å². The molecule has 0 saturated carbocycles. The van der Waals surface area contributed by atoms with Crippen LogP contribution in [0.15, 0.2) is 51.3 Å². The van der Waals surface area contributed by atoms with E-state index in [-0.39, 0.29) is 23.1 Å². The summed E-state index contributed by atoms with van der Waals surface area (Å²) in [4.78, 5) is 25.1. The van der Waals surface area contributed by atoms with Gasteiger partial charge in [-0.1, -0.05) is 18.2 Å². The summed E-state index contributed by atoms with van der Waals surface area (Å²) >= 11 is 0. The molecular formula is C14H8N2O6. The largest absolute Gasteiger partial charge is 0.476 e. The molecule has 22 heavy (non-hydrogen) atoms. The summed E-state index contributed by atoms with van der Waals surface area (Å²) in [7, 11) is 0. The van der Waals surface area contributed by atoms with Crippen LogP contribution in [0.4, 0.5) is 5.88 Å². The van der Waals surface area contributed by atoms with E-state index in [1.165, 1.54) is 6.07 Å². The van der Waals surface area contributed by atoms with Crippen LogP contribution >= 0.6 is 0 Å². The number of rotatable bonds is 4. The Morgan fingerprint density at radius 1 is 1.14 bits per heavy atom. The van der Waals surface area contributed by atoms with E-state index in [2.05, 4.69) is 4.98 Å². The average Bonchev–Trinajstić information content (AvgIpc) is 3.15. The fraction of sp³-hybridized carbons (Fsp3) is 0. The second-order valence-corrected chi connectivity index (χ2v) is 4.26. The van der Waals surface area contributed by atoms with E-state index < -0.39 is 16.8 Å². The predicted octanol–water partition coefficient (Wildman–Crippen LogP) is 3.21. The van der Waals surface area contributed by atoms with E-state index in [1.807, 2.05) is 0 Å². The minimum Gasteiger partial charge on any atom is -0.476 e. The molecule has 8 heteroatoms. The Hall–Kier alpha value is -3.42. The Kier molecular flexibility index (Phi) is 3.18. The van der Waals surface area contributed by atoms with Crippen LogP contribution in [-0.4, -0.2) is 21.0 Å². The minimum atomic E-state index is -1.32. The summed E-state index contributed by atoms with van der Waals surface area (Å²) in [5.74, 6) is -1.98. The van der Waals surface area contributed by atoms with Crippen molar-refractivity contribution in [3.63, 3.8) is 0 Å². The Bertz CT molecular complexity index is 849. The summed E-state index contributed by atoms with van der Waals surface area (Å²) < 4.78 is 10.4. The lowest BCUT2D eigenvalue weighted by Crippen LogP contribution is -1.98. The van der Waals surface area contributed by atoms with Gasteiger partial charge in [-0.2, -0.15) is 0 Å². The molecule has 0 aliphatic heterocycles. The number of carbonyl (C=O) groups is 1. The van der Waals surface area contributed by atoms with E-state index in [4.69, 9.17) is 8.83 Å². The second-order valence-electron chi connectivity index (χ2n) is 4.26. The van der Waals surface area contributed by atoms with Crippen molar-refractivity contribution in [2.45, 2.75) is 0 Å². The van der Waals surface area contributed by atoms with Gasteiger partial charge in [0.25, 0.3) is 0 Å². The molecule has 0 fully saturated rings. The van der Waals surface area contributed by atoms with Gasteiger partial charge in [-0.05, 0) is 18.2 Å². The standard InChI is InChI=1S/C14H8N2O6/c17-14(18)11-12(9-6-7-10(21-9)16(19)20)22-13(15-11)8-4-2-1-3-5-8/h1-7H,(H,17,18). The van der Waals surface area contributed by atoms with Crippen LogP contribution < -0.4 is 0 Å². The number of nitro groups is 1. The smallest absolute Gasteiger partial charge is 0.433 e. The highest BCUT2D eigenvalue weighted by atomic mass is 16.6. The lowest BCUT2D eigenvalue weighted by molar-refractivity contribution is -0.401. The molecular weight excluding hydrogens is 292 g/mol. The molecule has 0 bridgehead atoms. The Labute approximate surface area is 122 Å². The molecule has 3 aromatic rings. The van der Waals surface area contributed by atoms with Gasteiger partial charge in [-0.3, -0.25) is 10.1 Å².